The van der Waals surface area contributed by atoms with E-state index in [2.05, 4.69) is 41.2 Å². The van der Waals surface area contributed by atoms with E-state index in [4.69, 9.17) is 0 Å². The molecule has 5 saturated carbocycles. The minimum atomic E-state index is -1.04. The van der Waals surface area contributed by atoms with Gasteiger partial charge in [-0.2, -0.15) is 0 Å². The van der Waals surface area contributed by atoms with Gasteiger partial charge in [-0.1, -0.05) is 39.8 Å². The Labute approximate surface area is 218 Å². The van der Waals surface area contributed by atoms with E-state index in [1.54, 1.807) is 0 Å². The van der Waals surface area contributed by atoms with E-state index in [9.17, 15) is 19.8 Å². The van der Waals surface area contributed by atoms with E-state index in [-0.39, 0.29) is 34.1 Å². The second kappa shape index (κ2) is 8.55. The SMILES string of the molecule is C=C(C)[C@@H]1CC[C@]2(C(=O)C=CC(=O)O)CCC3C(CCC4[C@@]3(C)CCC3C(C)(C)[C@@H](O)CC[C@@]34C)C12. The van der Waals surface area contributed by atoms with Crippen LogP contribution in [0.5, 0.6) is 0 Å². The third kappa shape index (κ3) is 3.48. The van der Waals surface area contributed by atoms with Gasteiger partial charge in [-0.3, -0.25) is 4.79 Å². The number of carboxylic acid groups (broad SMARTS) is 1. The Morgan fingerprint density at radius 1 is 0.833 bits per heavy atom. The van der Waals surface area contributed by atoms with Gasteiger partial charge in [0.2, 0.25) is 0 Å². The van der Waals surface area contributed by atoms with Crippen LogP contribution in [-0.4, -0.2) is 28.1 Å². The first-order valence-electron chi connectivity index (χ1n) is 14.6. The number of aliphatic hydroxyl groups is 1. The molecule has 0 bridgehead atoms. The van der Waals surface area contributed by atoms with Crippen molar-refractivity contribution in [1.82, 2.24) is 0 Å². The number of hydrogen-bond donors (Lipinski definition) is 2. The van der Waals surface area contributed by atoms with Gasteiger partial charge in [0, 0.05) is 11.5 Å². The summed E-state index contributed by atoms with van der Waals surface area (Å²) in [7, 11) is 0. The Bertz CT molecular complexity index is 979. The highest BCUT2D eigenvalue weighted by atomic mass is 16.4. The van der Waals surface area contributed by atoms with Crippen molar-refractivity contribution in [2.24, 2.45) is 57.2 Å². The van der Waals surface area contributed by atoms with Gasteiger partial charge >= 0.3 is 5.97 Å². The maximum atomic E-state index is 13.6. The molecule has 4 heteroatoms. The smallest absolute Gasteiger partial charge is 0.328 e. The van der Waals surface area contributed by atoms with Crippen LogP contribution in [0.2, 0.25) is 0 Å². The number of ketones is 1. The summed E-state index contributed by atoms with van der Waals surface area (Å²) >= 11 is 0. The largest absolute Gasteiger partial charge is 0.478 e. The summed E-state index contributed by atoms with van der Waals surface area (Å²) in [6.45, 7) is 16.2. The van der Waals surface area contributed by atoms with Gasteiger partial charge < -0.3 is 10.2 Å². The highest BCUT2D eigenvalue weighted by Crippen LogP contribution is 2.73. The molecule has 0 amide bonds. The molecular weight excluding hydrogens is 448 g/mol. The minimum absolute atomic E-state index is 0.0354. The molecule has 0 aliphatic heterocycles. The summed E-state index contributed by atoms with van der Waals surface area (Å²) < 4.78 is 0. The number of rotatable bonds is 4. The lowest BCUT2D eigenvalue weighted by Gasteiger charge is -2.69. The number of carbonyl (C=O) groups excluding carboxylic acids is 1. The molecule has 5 fully saturated rings. The Morgan fingerprint density at radius 2 is 1.50 bits per heavy atom. The summed E-state index contributed by atoms with van der Waals surface area (Å²) in [4.78, 5) is 24.9. The average molecular weight is 497 g/mol. The molecule has 0 aromatic heterocycles. The van der Waals surface area contributed by atoms with Crippen molar-refractivity contribution in [3.05, 3.63) is 24.3 Å². The predicted octanol–water partition coefficient (Wildman–Crippen LogP) is 6.82. The van der Waals surface area contributed by atoms with E-state index in [1.165, 1.54) is 37.3 Å². The van der Waals surface area contributed by atoms with Gasteiger partial charge in [0.15, 0.2) is 5.78 Å². The standard InChI is InChI=1S/C32H48O4/c1-19(2)20-11-17-32(26(34)9-10-27(35)36)18-12-22-21(28(20)32)7-8-24-30(22,5)15-13-23-29(3,4)25(33)14-16-31(23,24)6/h9-10,20-25,28,33H,1,7-8,11-18H2,2-6H3,(H,35,36)/t20-,21?,22?,23?,24?,25-,28?,30-,31-,32+/m0/s1. The molecule has 5 aliphatic carbocycles. The predicted molar refractivity (Wildman–Crippen MR) is 142 cm³/mol. The number of hydrogen-bond acceptors (Lipinski definition) is 3. The molecule has 36 heavy (non-hydrogen) atoms. The molecule has 0 aromatic rings. The summed E-state index contributed by atoms with van der Waals surface area (Å²) in [6, 6.07) is 0. The summed E-state index contributed by atoms with van der Waals surface area (Å²) in [5.41, 5.74) is 1.27. The highest BCUT2D eigenvalue weighted by Gasteiger charge is 2.67. The third-order valence-electron chi connectivity index (χ3n) is 13.1. The molecule has 10 atom stereocenters. The van der Waals surface area contributed by atoms with Crippen LogP contribution < -0.4 is 0 Å². The summed E-state index contributed by atoms with van der Waals surface area (Å²) in [5, 5.41) is 20.1. The minimum Gasteiger partial charge on any atom is -0.478 e. The van der Waals surface area contributed by atoms with Crippen LogP contribution in [0.1, 0.15) is 98.8 Å². The first kappa shape index (κ1) is 26.2. The van der Waals surface area contributed by atoms with Gasteiger partial charge in [0.25, 0.3) is 0 Å². The van der Waals surface area contributed by atoms with Crippen LogP contribution in [0, 0.1) is 57.2 Å². The van der Waals surface area contributed by atoms with Crippen molar-refractivity contribution in [2.45, 2.75) is 105 Å². The number of carbonyl (C=O) groups is 2. The Kier molecular flexibility index (Phi) is 6.22. The van der Waals surface area contributed by atoms with Crippen molar-refractivity contribution in [3.63, 3.8) is 0 Å². The monoisotopic (exact) mass is 496 g/mol. The first-order chi connectivity index (χ1) is 16.8. The molecule has 5 rings (SSSR count). The van der Waals surface area contributed by atoms with Crippen LogP contribution >= 0.6 is 0 Å². The van der Waals surface area contributed by atoms with Gasteiger partial charge in [0.1, 0.15) is 0 Å². The van der Waals surface area contributed by atoms with Crippen molar-refractivity contribution >= 4 is 11.8 Å². The van der Waals surface area contributed by atoms with Crippen molar-refractivity contribution in [3.8, 4) is 0 Å². The number of carboxylic acids is 1. The second-order valence-corrected chi connectivity index (χ2v) is 14.6. The zero-order valence-corrected chi connectivity index (χ0v) is 23.2. The van der Waals surface area contributed by atoms with E-state index in [0.717, 1.165) is 44.6 Å². The molecule has 0 heterocycles. The fourth-order valence-corrected chi connectivity index (χ4v) is 11.5. The van der Waals surface area contributed by atoms with Crippen LogP contribution in [0.3, 0.4) is 0 Å². The van der Waals surface area contributed by atoms with Crippen LogP contribution in [-0.2, 0) is 9.59 Å². The molecule has 2 N–H and O–H groups in total. The van der Waals surface area contributed by atoms with Gasteiger partial charge in [-0.05, 0) is 129 Å². The lowest BCUT2D eigenvalue weighted by Crippen LogP contribution is -2.63. The molecule has 200 valence electrons. The maximum Gasteiger partial charge on any atom is 0.328 e. The fourth-order valence-electron chi connectivity index (χ4n) is 11.5. The normalized spacial score (nSPS) is 49.4. The molecule has 5 unspecified atom stereocenters. The highest BCUT2D eigenvalue weighted by molar-refractivity contribution is 5.99. The van der Waals surface area contributed by atoms with E-state index in [0.29, 0.717) is 29.6 Å². The molecule has 0 spiro atoms. The van der Waals surface area contributed by atoms with Gasteiger partial charge in [-0.15, -0.1) is 0 Å². The lowest BCUT2D eigenvalue weighted by molar-refractivity contribution is -0.215. The van der Waals surface area contributed by atoms with Crippen LogP contribution in [0.25, 0.3) is 0 Å². The third-order valence-corrected chi connectivity index (χ3v) is 13.1. The lowest BCUT2D eigenvalue weighted by atomic mass is 9.36. The van der Waals surface area contributed by atoms with Crippen LogP contribution in [0.4, 0.5) is 0 Å². The van der Waals surface area contributed by atoms with Crippen molar-refractivity contribution in [2.75, 3.05) is 0 Å². The zero-order chi connectivity index (χ0) is 26.3. The van der Waals surface area contributed by atoms with Gasteiger partial charge in [0.05, 0.1) is 6.10 Å². The van der Waals surface area contributed by atoms with Gasteiger partial charge in [-0.25, -0.2) is 4.79 Å². The van der Waals surface area contributed by atoms with Crippen molar-refractivity contribution in [1.29, 1.82) is 0 Å². The molecule has 0 aromatic carbocycles. The molecule has 0 radical (unpaired) electrons. The zero-order valence-electron chi connectivity index (χ0n) is 23.2. The number of allylic oxidation sites excluding steroid dienone is 2. The quantitative estimate of drug-likeness (QED) is 0.331. The number of aliphatic hydroxyl groups excluding tert-OH is 1. The molecule has 5 aliphatic rings. The first-order valence-corrected chi connectivity index (χ1v) is 14.6. The molecule has 4 nitrogen and oxygen atoms in total. The Morgan fingerprint density at radius 3 is 2.17 bits per heavy atom. The van der Waals surface area contributed by atoms with Crippen molar-refractivity contribution < 1.29 is 19.8 Å². The topological polar surface area (TPSA) is 74.6 Å². The maximum absolute atomic E-state index is 13.6. The second-order valence-electron chi connectivity index (χ2n) is 14.6. The Balaban J connectivity index is 1.50. The fraction of sp³-hybridized carbons (Fsp3) is 0.812. The van der Waals surface area contributed by atoms with E-state index in [1.807, 2.05) is 0 Å². The van der Waals surface area contributed by atoms with E-state index >= 15 is 0 Å². The van der Waals surface area contributed by atoms with Crippen LogP contribution in [0.15, 0.2) is 24.3 Å². The summed E-state index contributed by atoms with van der Waals surface area (Å²) in [6.07, 6.45) is 12.9. The Hall–Kier alpha value is -1.42. The number of fused-ring (bicyclic) bond motifs is 7. The average Bonchev–Trinajstić information content (AvgIpc) is 3.21. The molecular formula is C32H48O4. The summed E-state index contributed by atoms with van der Waals surface area (Å²) in [5.74, 6) is 1.98. The van der Waals surface area contributed by atoms with E-state index < -0.39 is 11.4 Å². The molecule has 0 saturated heterocycles. The number of aliphatic carboxylic acids is 1.